The second-order valence-corrected chi connectivity index (χ2v) is 5.79. The summed E-state index contributed by atoms with van der Waals surface area (Å²) in [6.45, 7) is 6.99. The second-order valence-electron chi connectivity index (χ2n) is 5.79. The van der Waals surface area contributed by atoms with Crippen LogP contribution in [0.3, 0.4) is 0 Å². The number of unbranched alkanes of at least 4 members (excludes halogenated alkanes) is 5. The number of rotatable bonds is 14. The van der Waals surface area contributed by atoms with Gasteiger partial charge in [-0.3, -0.25) is 0 Å². The topological polar surface area (TPSA) is 27.7 Å². The second kappa shape index (κ2) is 13.1. The van der Waals surface area contributed by atoms with Crippen molar-refractivity contribution in [3.63, 3.8) is 0 Å². The maximum atomic E-state index is 5.64. The molecule has 3 nitrogen and oxygen atoms in total. The minimum atomic E-state index is -0.566. The van der Waals surface area contributed by atoms with Gasteiger partial charge in [0.15, 0.2) is 5.79 Å². The first-order chi connectivity index (χ1) is 10.1. The molecule has 0 bridgehead atoms. The van der Waals surface area contributed by atoms with Crippen molar-refractivity contribution in [1.82, 2.24) is 0 Å². The maximum Gasteiger partial charge on any atom is 0.170 e. The summed E-state index contributed by atoms with van der Waals surface area (Å²) >= 11 is 0. The standard InChI is InChI=1S/C18H36O3/c1-6-8-10-11-12-13-14-17(16-21-15-9-7-2)18(3,19-4)20-5/h9,15,17H,6-8,10-14,16H2,1-5H3. The Balaban J connectivity index is 4.21. The molecule has 126 valence electrons. The molecule has 0 aliphatic rings. The first-order valence-corrected chi connectivity index (χ1v) is 8.51. The van der Waals surface area contributed by atoms with Gasteiger partial charge < -0.3 is 14.2 Å². The van der Waals surface area contributed by atoms with E-state index < -0.39 is 5.79 Å². The van der Waals surface area contributed by atoms with Crippen LogP contribution in [0.4, 0.5) is 0 Å². The summed E-state index contributed by atoms with van der Waals surface area (Å²) in [5, 5.41) is 0. The molecule has 0 heterocycles. The zero-order valence-corrected chi connectivity index (χ0v) is 14.8. The van der Waals surface area contributed by atoms with Gasteiger partial charge in [-0.25, -0.2) is 0 Å². The van der Waals surface area contributed by atoms with Crippen molar-refractivity contribution >= 4 is 0 Å². The lowest BCUT2D eigenvalue weighted by molar-refractivity contribution is -0.235. The summed E-state index contributed by atoms with van der Waals surface area (Å²) < 4.78 is 16.8. The van der Waals surface area contributed by atoms with Gasteiger partial charge in [0.05, 0.1) is 12.9 Å². The summed E-state index contributed by atoms with van der Waals surface area (Å²) in [4.78, 5) is 0. The van der Waals surface area contributed by atoms with Gasteiger partial charge >= 0.3 is 0 Å². The van der Waals surface area contributed by atoms with Gasteiger partial charge in [-0.1, -0.05) is 58.4 Å². The third-order valence-corrected chi connectivity index (χ3v) is 4.18. The summed E-state index contributed by atoms with van der Waals surface area (Å²) in [6, 6.07) is 0. The number of hydrogen-bond acceptors (Lipinski definition) is 3. The van der Waals surface area contributed by atoms with Crippen LogP contribution in [0.2, 0.25) is 0 Å². The Morgan fingerprint density at radius 1 is 0.952 bits per heavy atom. The Morgan fingerprint density at radius 2 is 1.57 bits per heavy atom. The molecule has 0 aromatic heterocycles. The highest BCUT2D eigenvalue weighted by Gasteiger charge is 2.34. The Labute approximate surface area is 132 Å². The van der Waals surface area contributed by atoms with Crippen molar-refractivity contribution in [3.05, 3.63) is 12.3 Å². The molecule has 0 N–H and O–H groups in total. The van der Waals surface area contributed by atoms with Crippen molar-refractivity contribution in [2.24, 2.45) is 5.92 Å². The van der Waals surface area contributed by atoms with Crippen molar-refractivity contribution in [2.75, 3.05) is 20.8 Å². The fourth-order valence-electron chi connectivity index (χ4n) is 2.42. The highest BCUT2D eigenvalue weighted by Crippen LogP contribution is 2.28. The maximum absolute atomic E-state index is 5.64. The van der Waals surface area contributed by atoms with Crippen LogP contribution in [0.15, 0.2) is 12.3 Å². The average molecular weight is 300 g/mol. The molecule has 0 rings (SSSR count). The molecular formula is C18H36O3. The van der Waals surface area contributed by atoms with Gasteiger partial charge in [0, 0.05) is 20.1 Å². The van der Waals surface area contributed by atoms with E-state index in [4.69, 9.17) is 14.2 Å². The summed E-state index contributed by atoms with van der Waals surface area (Å²) in [6.07, 6.45) is 13.7. The Morgan fingerprint density at radius 3 is 2.14 bits per heavy atom. The first-order valence-electron chi connectivity index (χ1n) is 8.51. The molecular weight excluding hydrogens is 264 g/mol. The number of methoxy groups -OCH3 is 2. The zero-order chi connectivity index (χ0) is 16.0. The molecule has 1 unspecified atom stereocenters. The van der Waals surface area contributed by atoms with E-state index in [1.807, 2.05) is 13.0 Å². The van der Waals surface area contributed by atoms with Crippen molar-refractivity contribution in [3.8, 4) is 0 Å². The first kappa shape index (κ1) is 20.5. The molecule has 21 heavy (non-hydrogen) atoms. The number of hydrogen-bond donors (Lipinski definition) is 0. The fourth-order valence-corrected chi connectivity index (χ4v) is 2.42. The molecule has 0 radical (unpaired) electrons. The van der Waals surface area contributed by atoms with Crippen LogP contribution < -0.4 is 0 Å². The smallest absolute Gasteiger partial charge is 0.170 e. The molecule has 0 aromatic rings. The Hall–Kier alpha value is -0.540. The molecule has 0 saturated carbocycles. The number of allylic oxidation sites excluding steroid dienone is 1. The quantitative estimate of drug-likeness (QED) is 0.247. The van der Waals surface area contributed by atoms with E-state index >= 15 is 0 Å². The SMILES string of the molecule is CCC=COCC(CCCCCCCC)C(C)(OC)OC. The van der Waals surface area contributed by atoms with Crippen LogP contribution in [0.25, 0.3) is 0 Å². The van der Waals surface area contributed by atoms with Gasteiger partial charge in [-0.15, -0.1) is 0 Å². The minimum absolute atomic E-state index is 0.250. The van der Waals surface area contributed by atoms with E-state index in [-0.39, 0.29) is 5.92 Å². The van der Waals surface area contributed by atoms with Crippen molar-refractivity contribution < 1.29 is 14.2 Å². The van der Waals surface area contributed by atoms with Crippen LogP contribution >= 0.6 is 0 Å². The lowest BCUT2D eigenvalue weighted by Gasteiger charge is -2.34. The third kappa shape index (κ3) is 9.15. The monoisotopic (exact) mass is 300 g/mol. The highest BCUT2D eigenvalue weighted by atomic mass is 16.7. The third-order valence-electron chi connectivity index (χ3n) is 4.18. The van der Waals surface area contributed by atoms with Gasteiger partial charge in [0.25, 0.3) is 0 Å². The van der Waals surface area contributed by atoms with Crippen LogP contribution in [0.5, 0.6) is 0 Å². The van der Waals surface area contributed by atoms with E-state index in [0.29, 0.717) is 6.61 Å². The van der Waals surface area contributed by atoms with E-state index in [0.717, 1.165) is 12.8 Å². The van der Waals surface area contributed by atoms with Crippen LogP contribution in [-0.4, -0.2) is 26.6 Å². The molecule has 0 fully saturated rings. The summed E-state index contributed by atoms with van der Waals surface area (Å²) in [5.41, 5.74) is 0. The fraction of sp³-hybridized carbons (Fsp3) is 0.889. The Kier molecular flexibility index (Phi) is 12.8. The lowest BCUT2D eigenvalue weighted by Crippen LogP contribution is -2.41. The molecule has 0 spiro atoms. The molecule has 0 aromatic carbocycles. The van der Waals surface area contributed by atoms with Crippen LogP contribution in [0.1, 0.15) is 72.1 Å². The largest absolute Gasteiger partial charge is 0.501 e. The molecule has 0 amide bonds. The molecule has 3 heteroatoms. The van der Waals surface area contributed by atoms with Crippen LogP contribution in [-0.2, 0) is 14.2 Å². The van der Waals surface area contributed by atoms with E-state index in [2.05, 4.69) is 13.8 Å². The van der Waals surface area contributed by atoms with E-state index in [1.165, 1.54) is 38.5 Å². The van der Waals surface area contributed by atoms with E-state index in [1.54, 1.807) is 20.5 Å². The van der Waals surface area contributed by atoms with E-state index in [9.17, 15) is 0 Å². The highest BCUT2D eigenvalue weighted by molar-refractivity contribution is 4.77. The predicted molar refractivity (Wildman–Crippen MR) is 89.3 cm³/mol. The lowest BCUT2D eigenvalue weighted by atomic mass is 9.93. The number of ether oxygens (including phenoxy) is 3. The molecule has 0 aliphatic carbocycles. The average Bonchev–Trinajstić information content (AvgIpc) is 2.51. The summed E-state index contributed by atoms with van der Waals surface area (Å²) in [7, 11) is 3.42. The van der Waals surface area contributed by atoms with Crippen molar-refractivity contribution in [2.45, 2.75) is 77.9 Å². The minimum Gasteiger partial charge on any atom is -0.501 e. The van der Waals surface area contributed by atoms with Gasteiger partial charge in [0.1, 0.15) is 0 Å². The van der Waals surface area contributed by atoms with Crippen molar-refractivity contribution in [1.29, 1.82) is 0 Å². The predicted octanol–water partition coefficient (Wildman–Crippen LogP) is 5.30. The molecule has 1 atom stereocenters. The summed E-state index contributed by atoms with van der Waals surface area (Å²) in [5.74, 6) is -0.316. The Bertz CT molecular complexity index is 247. The normalized spacial score (nSPS) is 13.8. The molecule has 0 saturated heterocycles. The molecule has 0 aliphatic heterocycles. The van der Waals surface area contributed by atoms with Gasteiger partial charge in [0.2, 0.25) is 0 Å². The van der Waals surface area contributed by atoms with Gasteiger partial charge in [-0.05, 0) is 19.8 Å². The zero-order valence-electron chi connectivity index (χ0n) is 14.8. The van der Waals surface area contributed by atoms with Crippen LogP contribution in [0, 0.1) is 5.92 Å². The van der Waals surface area contributed by atoms with Gasteiger partial charge in [-0.2, -0.15) is 0 Å².